The molecule has 0 saturated heterocycles. The van der Waals surface area contributed by atoms with Crippen molar-refractivity contribution in [1.29, 1.82) is 0 Å². The van der Waals surface area contributed by atoms with Crippen LogP contribution in [0.15, 0.2) is 12.7 Å². The number of nitrogens with one attached hydrogen (secondary N) is 3. The SMILES string of the molecule is C=C[C@@H]1CCC(CNC(C)(C)C)[C@@](NC(C)=O)(C(=O)NCCCC)C1. The molecular weight excluding hydrogens is 314 g/mol. The summed E-state index contributed by atoms with van der Waals surface area (Å²) in [6.45, 7) is 15.2. The average Bonchev–Trinajstić information content (AvgIpc) is 2.52. The summed E-state index contributed by atoms with van der Waals surface area (Å²) in [5.41, 5.74) is -0.898. The van der Waals surface area contributed by atoms with Crippen molar-refractivity contribution < 1.29 is 9.59 Å². The molecule has 1 unspecified atom stereocenters. The highest BCUT2D eigenvalue weighted by molar-refractivity contribution is 5.91. The minimum atomic E-state index is -0.866. The van der Waals surface area contributed by atoms with E-state index in [-0.39, 0.29) is 29.2 Å². The average molecular weight is 352 g/mol. The first kappa shape index (κ1) is 21.7. The van der Waals surface area contributed by atoms with Gasteiger partial charge in [0.2, 0.25) is 11.8 Å². The summed E-state index contributed by atoms with van der Waals surface area (Å²) in [6.07, 6.45) is 6.40. The van der Waals surface area contributed by atoms with E-state index in [0.717, 1.165) is 25.7 Å². The van der Waals surface area contributed by atoms with Crippen molar-refractivity contribution in [1.82, 2.24) is 16.0 Å². The molecular formula is C20H37N3O2. The summed E-state index contributed by atoms with van der Waals surface area (Å²) in [5.74, 6) is 0.0997. The van der Waals surface area contributed by atoms with Crippen LogP contribution < -0.4 is 16.0 Å². The topological polar surface area (TPSA) is 70.2 Å². The minimum absolute atomic E-state index is 0.0318. The molecule has 0 spiro atoms. The van der Waals surface area contributed by atoms with Gasteiger partial charge in [0.15, 0.2) is 0 Å². The number of carbonyl (C=O) groups excluding carboxylic acids is 2. The molecule has 1 fully saturated rings. The third-order valence-electron chi connectivity index (χ3n) is 5.00. The number of amides is 2. The Morgan fingerprint density at radius 3 is 2.48 bits per heavy atom. The molecule has 0 radical (unpaired) electrons. The minimum Gasteiger partial charge on any atom is -0.354 e. The number of allylic oxidation sites excluding steroid dienone is 1. The summed E-state index contributed by atoms with van der Waals surface area (Å²) < 4.78 is 0. The van der Waals surface area contributed by atoms with Gasteiger partial charge in [-0.25, -0.2) is 0 Å². The van der Waals surface area contributed by atoms with Crippen molar-refractivity contribution in [3.05, 3.63) is 12.7 Å². The molecule has 25 heavy (non-hydrogen) atoms. The van der Waals surface area contributed by atoms with Crippen molar-refractivity contribution in [2.75, 3.05) is 13.1 Å². The molecule has 1 aliphatic rings. The maximum atomic E-state index is 13.1. The highest BCUT2D eigenvalue weighted by Crippen LogP contribution is 2.38. The fourth-order valence-electron chi connectivity index (χ4n) is 3.59. The zero-order chi connectivity index (χ0) is 19.1. The smallest absolute Gasteiger partial charge is 0.246 e. The Morgan fingerprint density at radius 1 is 1.28 bits per heavy atom. The number of carbonyl (C=O) groups is 2. The highest BCUT2D eigenvalue weighted by atomic mass is 16.2. The van der Waals surface area contributed by atoms with Gasteiger partial charge < -0.3 is 16.0 Å². The van der Waals surface area contributed by atoms with Crippen LogP contribution in [0.2, 0.25) is 0 Å². The van der Waals surface area contributed by atoms with Crippen molar-refractivity contribution in [3.8, 4) is 0 Å². The van der Waals surface area contributed by atoms with Gasteiger partial charge in [-0.15, -0.1) is 6.58 Å². The van der Waals surface area contributed by atoms with Gasteiger partial charge in [-0.05, 0) is 52.4 Å². The predicted molar refractivity (Wildman–Crippen MR) is 103 cm³/mol. The quantitative estimate of drug-likeness (QED) is 0.465. The van der Waals surface area contributed by atoms with E-state index in [0.29, 0.717) is 19.5 Å². The molecule has 0 aromatic carbocycles. The Hall–Kier alpha value is -1.36. The Bertz CT molecular complexity index is 470. The van der Waals surface area contributed by atoms with Gasteiger partial charge in [-0.1, -0.05) is 19.4 Å². The molecule has 0 aromatic heterocycles. The maximum absolute atomic E-state index is 13.1. The number of unbranched alkanes of at least 4 members (excludes halogenated alkanes) is 1. The van der Waals surface area contributed by atoms with Crippen LogP contribution in [0, 0.1) is 11.8 Å². The third kappa shape index (κ3) is 6.46. The fraction of sp³-hybridized carbons (Fsp3) is 0.800. The first-order valence-corrected chi connectivity index (χ1v) is 9.59. The van der Waals surface area contributed by atoms with Gasteiger partial charge in [-0.3, -0.25) is 9.59 Å². The first-order valence-electron chi connectivity index (χ1n) is 9.59. The summed E-state index contributed by atoms with van der Waals surface area (Å²) in [7, 11) is 0. The van der Waals surface area contributed by atoms with E-state index < -0.39 is 5.54 Å². The van der Waals surface area contributed by atoms with E-state index in [1.807, 2.05) is 6.08 Å². The molecule has 1 aliphatic carbocycles. The summed E-state index contributed by atoms with van der Waals surface area (Å²) in [5, 5.41) is 9.61. The van der Waals surface area contributed by atoms with E-state index in [2.05, 4.69) is 50.2 Å². The summed E-state index contributed by atoms with van der Waals surface area (Å²) in [6, 6.07) is 0. The highest BCUT2D eigenvalue weighted by Gasteiger charge is 2.49. The number of rotatable bonds is 8. The lowest BCUT2D eigenvalue weighted by atomic mass is 9.67. The second kappa shape index (κ2) is 9.37. The molecule has 144 valence electrons. The lowest BCUT2D eigenvalue weighted by Gasteiger charge is -2.46. The maximum Gasteiger partial charge on any atom is 0.246 e. The Balaban J connectivity index is 3.08. The molecule has 2 amide bonds. The van der Waals surface area contributed by atoms with Crippen molar-refractivity contribution in [2.24, 2.45) is 11.8 Å². The van der Waals surface area contributed by atoms with E-state index >= 15 is 0 Å². The van der Waals surface area contributed by atoms with Crippen LogP contribution in [0.4, 0.5) is 0 Å². The van der Waals surface area contributed by atoms with Crippen LogP contribution in [0.3, 0.4) is 0 Å². The molecule has 0 aromatic rings. The van der Waals surface area contributed by atoms with Crippen LogP contribution in [-0.2, 0) is 9.59 Å². The summed E-state index contributed by atoms with van der Waals surface area (Å²) in [4.78, 5) is 25.1. The Labute approximate surface area is 153 Å². The van der Waals surface area contributed by atoms with Crippen LogP contribution in [0.5, 0.6) is 0 Å². The van der Waals surface area contributed by atoms with Gasteiger partial charge in [0, 0.05) is 31.5 Å². The number of hydrogen-bond donors (Lipinski definition) is 3. The summed E-state index contributed by atoms with van der Waals surface area (Å²) >= 11 is 0. The van der Waals surface area contributed by atoms with Crippen LogP contribution in [0.1, 0.15) is 66.7 Å². The second-order valence-corrected chi connectivity index (χ2v) is 8.37. The molecule has 0 heterocycles. The second-order valence-electron chi connectivity index (χ2n) is 8.37. The molecule has 1 saturated carbocycles. The predicted octanol–water partition coefficient (Wildman–Crippen LogP) is 2.77. The molecule has 0 aliphatic heterocycles. The molecule has 1 rings (SSSR count). The lowest BCUT2D eigenvalue weighted by molar-refractivity contribution is -0.137. The third-order valence-corrected chi connectivity index (χ3v) is 5.00. The van der Waals surface area contributed by atoms with Crippen LogP contribution in [0.25, 0.3) is 0 Å². The van der Waals surface area contributed by atoms with Crippen molar-refractivity contribution in [3.63, 3.8) is 0 Å². The molecule has 0 bridgehead atoms. The van der Waals surface area contributed by atoms with Gasteiger partial charge in [-0.2, -0.15) is 0 Å². The zero-order valence-electron chi connectivity index (χ0n) is 16.7. The Morgan fingerprint density at radius 2 is 1.96 bits per heavy atom. The first-order chi connectivity index (χ1) is 11.6. The van der Waals surface area contributed by atoms with Gasteiger partial charge in [0.05, 0.1) is 0 Å². The van der Waals surface area contributed by atoms with Crippen LogP contribution in [-0.4, -0.2) is 36.0 Å². The standard InChI is InChI=1S/C20H37N3O2/c1-7-9-12-21-18(25)20(23-15(3)24)13-16(8-2)10-11-17(20)14-22-19(4,5)6/h8,16-17,22H,2,7,9-14H2,1,3-6H3,(H,21,25)(H,23,24)/t16-,17?,20-/m1/s1. The number of hydrogen-bond acceptors (Lipinski definition) is 3. The van der Waals surface area contributed by atoms with Crippen LogP contribution >= 0.6 is 0 Å². The van der Waals surface area contributed by atoms with Gasteiger partial charge in [0.1, 0.15) is 5.54 Å². The van der Waals surface area contributed by atoms with Crippen molar-refractivity contribution in [2.45, 2.75) is 77.8 Å². The molecule has 3 N–H and O–H groups in total. The lowest BCUT2D eigenvalue weighted by Crippen LogP contribution is -2.66. The van der Waals surface area contributed by atoms with Gasteiger partial charge >= 0.3 is 0 Å². The van der Waals surface area contributed by atoms with E-state index in [9.17, 15) is 9.59 Å². The Kier molecular flexibility index (Phi) is 8.13. The largest absolute Gasteiger partial charge is 0.354 e. The zero-order valence-corrected chi connectivity index (χ0v) is 16.7. The molecule has 3 atom stereocenters. The fourth-order valence-corrected chi connectivity index (χ4v) is 3.59. The van der Waals surface area contributed by atoms with Gasteiger partial charge in [0.25, 0.3) is 0 Å². The van der Waals surface area contributed by atoms with E-state index in [1.165, 1.54) is 6.92 Å². The molecule has 5 nitrogen and oxygen atoms in total. The van der Waals surface area contributed by atoms with E-state index in [4.69, 9.17) is 0 Å². The van der Waals surface area contributed by atoms with E-state index in [1.54, 1.807) is 0 Å². The molecule has 5 heteroatoms. The van der Waals surface area contributed by atoms with Crippen molar-refractivity contribution >= 4 is 11.8 Å². The monoisotopic (exact) mass is 351 g/mol. The normalized spacial score (nSPS) is 26.8.